The number of phenols is 1. The number of para-hydroxylation sites is 1. The number of carboxylic acids is 1. The molecular formula is C30H29N3O4. The largest absolute Gasteiger partial charge is 0.508 e. The van der Waals surface area contributed by atoms with Crippen LogP contribution in [-0.2, 0) is 28.1 Å². The van der Waals surface area contributed by atoms with Crippen molar-refractivity contribution in [3.05, 3.63) is 107 Å². The average molecular weight is 496 g/mol. The van der Waals surface area contributed by atoms with Crippen molar-refractivity contribution in [1.29, 1.82) is 0 Å². The second kappa shape index (κ2) is 9.58. The molecule has 0 saturated carbocycles. The summed E-state index contributed by atoms with van der Waals surface area (Å²) in [5, 5.41) is 20.9. The molecule has 0 saturated heterocycles. The van der Waals surface area contributed by atoms with Crippen LogP contribution in [0.4, 0.5) is 0 Å². The first-order valence-electron chi connectivity index (χ1n) is 12.4. The molecule has 2 heterocycles. The van der Waals surface area contributed by atoms with Crippen molar-refractivity contribution in [3.8, 4) is 17.1 Å². The number of carbonyl (C=O) groups is 2. The van der Waals surface area contributed by atoms with Crippen LogP contribution in [0.5, 0.6) is 5.75 Å². The first kappa shape index (κ1) is 24.3. The lowest BCUT2D eigenvalue weighted by molar-refractivity contribution is -0.156. The van der Waals surface area contributed by atoms with Gasteiger partial charge in [0.25, 0.3) is 0 Å². The lowest BCUT2D eigenvalue weighted by Gasteiger charge is -2.49. The van der Waals surface area contributed by atoms with Crippen molar-refractivity contribution in [2.75, 3.05) is 0 Å². The number of fused-ring (bicyclic) bond motifs is 1. The lowest BCUT2D eigenvalue weighted by Crippen LogP contribution is -2.60. The molecule has 37 heavy (non-hydrogen) atoms. The van der Waals surface area contributed by atoms with Gasteiger partial charge in [-0.3, -0.25) is 4.79 Å². The van der Waals surface area contributed by atoms with Crippen LogP contribution < -0.4 is 0 Å². The second-order valence-corrected chi connectivity index (χ2v) is 9.34. The summed E-state index contributed by atoms with van der Waals surface area (Å²) in [7, 11) is 0. The van der Waals surface area contributed by atoms with Crippen LogP contribution in [0.2, 0.25) is 0 Å². The van der Waals surface area contributed by atoms with Crippen LogP contribution in [0.15, 0.2) is 84.9 Å². The van der Waals surface area contributed by atoms with E-state index in [4.69, 9.17) is 4.98 Å². The number of benzene rings is 3. The van der Waals surface area contributed by atoms with Crippen molar-refractivity contribution in [2.45, 2.75) is 44.8 Å². The Hall–Kier alpha value is -4.39. The number of carboxylic acid groups (broad SMARTS) is 1. The van der Waals surface area contributed by atoms with Gasteiger partial charge in [0, 0.05) is 30.2 Å². The summed E-state index contributed by atoms with van der Waals surface area (Å²) < 4.78 is 2.00. The number of carbonyl (C=O) groups excluding carboxylic acids is 1. The number of aromatic hydroxyl groups is 1. The van der Waals surface area contributed by atoms with Crippen LogP contribution in [0.1, 0.15) is 42.8 Å². The Morgan fingerprint density at radius 3 is 2.19 bits per heavy atom. The number of phenolic OH excluding ortho intramolecular Hbond substituents is 1. The molecule has 2 unspecified atom stereocenters. The molecule has 0 aliphatic carbocycles. The standard InChI is InChI=1S/C30H29N3O4/c1-3-30(23-15-8-5-9-16-23)27-24(18-25(29(36)37)33(30)20(2)34)32(19-22-14-10-11-17-26(22)35)28(31-27)21-12-6-4-7-13-21/h4-17,25,35H,3,18-19H2,1-2H3,(H,36,37). The summed E-state index contributed by atoms with van der Waals surface area (Å²) in [6, 6.07) is 25.3. The second-order valence-electron chi connectivity index (χ2n) is 9.34. The number of hydrogen-bond donors (Lipinski definition) is 2. The van der Waals surface area contributed by atoms with Gasteiger partial charge in [-0.2, -0.15) is 0 Å². The number of nitrogens with zero attached hydrogens (tertiary/aromatic N) is 3. The van der Waals surface area contributed by atoms with E-state index in [0.29, 0.717) is 30.0 Å². The molecule has 1 aliphatic heterocycles. The molecule has 0 radical (unpaired) electrons. The van der Waals surface area contributed by atoms with Gasteiger partial charge < -0.3 is 19.7 Å². The predicted molar refractivity (Wildman–Crippen MR) is 140 cm³/mol. The van der Waals surface area contributed by atoms with Crippen LogP contribution in [0.25, 0.3) is 11.4 Å². The summed E-state index contributed by atoms with van der Waals surface area (Å²) in [4.78, 5) is 32.5. The maximum atomic E-state index is 13.2. The molecule has 0 fully saturated rings. The summed E-state index contributed by atoms with van der Waals surface area (Å²) >= 11 is 0. The van der Waals surface area contributed by atoms with Crippen molar-refractivity contribution < 1.29 is 19.8 Å². The lowest BCUT2D eigenvalue weighted by atomic mass is 9.76. The maximum absolute atomic E-state index is 13.2. The zero-order valence-corrected chi connectivity index (χ0v) is 20.8. The number of aromatic nitrogens is 2. The number of hydrogen-bond acceptors (Lipinski definition) is 4. The Kier molecular flexibility index (Phi) is 6.29. The van der Waals surface area contributed by atoms with E-state index < -0.39 is 17.6 Å². The van der Waals surface area contributed by atoms with Gasteiger partial charge in [0.05, 0.1) is 12.2 Å². The van der Waals surface area contributed by atoms with E-state index >= 15 is 0 Å². The van der Waals surface area contributed by atoms with Crippen LogP contribution in [0, 0.1) is 0 Å². The van der Waals surface area contributed by atoms with Gasteiger partial charge in [-0.15, -0.1) is 0 Å². The fourth-order valence-corrected chi connectivity index (χ4v) is 5.69. The van der Waals surface area contributed by atoms with Crippen molar-refractivity contribution in [2.24, 2.45) is 0 Å². The van der Waals surface area contributed by atoms with E-state index in [1.54, 1.807) is 12.1 Å². The van der Waals surface area contributed by atoms with Gasteiger partial charge in [-0.25, -0.2) is 9.78 Å². The van der Waals surface area contributed by atoms with Gasteiger partial charge in [0.2, 0.25) is 5.91 Å². The van der Waals surface area contributed by atoms with Crippen molar-refractivity contribution in [1.82, 2.24) is 14.5 Å². The van der Waals surface area contributed by atoms with Crippen LogP contribution in [-0.4, -0.2) is 42.6 Å². The Morgan fingerprint density at radius 2 is 1.59 bits per heavy atom. The van der Waals surface area contributed by atoms with Crippen molar-refractivity contribution >= 4 is 11.9 Å². The molecule has 7 heteroatoms. The van der Waals surface area contributed by atoms with E-state index in [9.17, 15) is 19.8 Å². The molecule has 0 spiro atoms. The summed E-state index contributed by atoms with van der Waals surface area (Å²) in [6.07, 6.45) is 0.543. The molecule has 1 aromatic heterocycles. The van der Waals surface area contributed by atoms with E-state index in [2.05, 4.69) is 0 Å². The molecule has 0 bridgehead atoms. The van der Waals surface area contributed by atoms with E-state index in [0.717, 1.165) is 16.8 Å². The minimum absolute atomic E-state index is 0.103. The van der Waals surface area contributed by atoms with Gasteiger partial charge >= 0.3 is 5.97 Å². The Bertz CT molecular complexity index is 1450. The van der Waals surface area contributed by atoms with E-state index in [1.807, 2.05) is 84.3 Å². The molecule has 2 N–H and O–H groups in total. The van der Waals surface area contributed by atoms with E-state index in [-0.39, 0.29) is 18.1 Å². The molecular weight excluding hydrogens is 466 g/mol. The van der Waals surface area contributed by atoms with Gasteiger partial charge in [-0.05, 0) is 18.1 Å². The normalized spacial score (nSPS) is 18.9. The number of imidazole rings is 1. The van der Waals surface area contributed by atoms with Crippen LogP contribution in [0.3, 0.4) is 0 Å². The Labute approximate surface area is 215 Å². The minimum Gasteiger partial charge on any atom is -0.508 e. The molecule has 1 amide bonds. The highest BCUT2D eigenvalue weighted by Gasteiger charge is 2.53. The molecule has 188 valence electrons. The zero-order chi connectivity index (χ0) is 26.2. The van der Waals surface area contributed by atoms with Crippen LogP contribution >= 0.6 is 0 Å². The quantitative estimate of drug-likeness (QED) is 0.400. The smallest absolute Gasteiger partial charge is 0.326 e. The molecule has 1 aliphatic rings. The monoisotopic (exact) mass is 495 g/mol. The first-order valence-corrected chi connectivity index (χ1v) is 12.4. The SMILES string of the molecule is CCC1(c2ccccc2)c2nc(-c3ccccc3)n(Cc3ccccc3O)c2CC(C(=O)O)N1C(C)=O. The highest BCUT2D eigenvalue weighted by molar-refractivity contribution is 5.85. The Morgan fingerprint density at radius 1 is 0.973 bits per heavy atom. The third-order valence-corrected chi connectivity index (χ3v) is 7.31. The topological polar surface area (TPSA) is 95.7 Å². The summed E-state index contributed by atoms with van der Waals surface area (Å²) in [6.45, 7) is 3.69. The van der Waals surface area contributed by atoms with Gasteiger partial charge in [0.15, 0.2) is 0 Å². The number of rotatable bonds is 6. The highest BCUT2D eigenvalue weighted by Crippen LogP contribution is 2.47. The molecule has 5 rings (SSSR count). The maximum Gasteiger partial charge on any atom is 0.326 e. The number of amides is 1. The summed E-state index contributed by atoms with van der Waals surface area (Å²) in [5.41, 5.74) is 2.72. The Balaban J connectivity index is 1.86. The van der Waals surface area contributed by atoms with Crippen molar-refractivity contribution in [3.63, 3.8) is 0 Å². The molecule has 4 aromatic rings. The third-order valence-electron chi connectivity index (χ3n) is 7.31. The molecule has 3 aromatic carbocycles. The first-order chi connectivity index (χ1) is 17.9. The fourth-order valence-electron chi connectivity index (χ4n) is 5.69. The number of aliphatic carboxylic acids is 1. The average Bonchev–Trinajstić information content (AvgIpc) is 3.28. The molecule has 7 nitrogen and oxygen atoms in total. The molecule has 2 atom stereocenters. The predicted octanol–water partition coefficient (Wildman–Crippen LogP) is 4.82. The third kappa shape index (κ3) is 3.96. The summed E-state index contributed by atoms with van der Waals surface area (Å²) in [5.74, 6) is -0.562. The fraction of sp³-hybridized carbons (Fsp3) is 0.233. The van der Waals surface area contributed by atoms with E-state index in [1.165, 1.54) is 11.8 Å². The minimum atomic E-state index is -1.08. The van der Waals surface area contributed by atoms with Gasteiger partial charge in [-0.1, -0.05) is 85.8 Å². The van der Waals surface area contributed by atoms with Gasteiger partial charge in [0.1, 0.15) is 23.2 Å². The zero-order valence-electron chi connectivity index (χ0n) is 20.8. The highest BCUT2D eigenvalue weighted by atomic mass is 16.4.